The van der Waals surface area contributed by atoms with Crippen LogP contribution in [0.15, 0.2) is 51.7 Å². The van der Waals surface area contributed by atoms with E-state index in [9.17, 15) is 24.5 Å². The zero-order chi connectivity index (χ0) is 20.3. The topological polar surface area (TPSA) is 134 Å². The molecule has 0 aliphatic heterocycles. The van der Waals surface area contributed by atoms with E-state index < -0.39 is 35.7 Å². The van der Waals surface area contributed by atoms with Crippen LogP contribution in [-0.4, -0.2) is 28.0 Å². The maximum absolute atomic E-state index is 12.0. The minimum Gasteiger partial charge on any atom is -0.454 e. The van der Waals surface area contributed by atoms with E-state index in [0.29, 0.717) is 11.1 Å². The lowest BCUT2D eigenvalue weighted by atomic mass is 10.3. The van der Waals surface area contributed by atoms with Crippen LogP contribution in [0.4, 0.5) is 11.4 Å². The highest BCUT2D eigenvalue weighted by Gasteiger charge is 2.16. The monoisotopic (exact) mass is 405 g/mol. The molecule has 28 heavy (non-hydrogen) atoms. The SMILES string of the molecule is O=C(COC(=O)Cn1c(=O)oc2ccccc21)Nc1cc([N+](=O)[O-])ccc1Cl. The van der Waals surface area contributed by atoms with Gasteiger partial charge in [0.25, 0.3) is 11.6 Å². The number of benzene rings is 2. The number of oxazole rings is 1. The van der Waals surface area contributed by atoms with E-state index in [-0.39, 0.29) is 16.4 Å². The summed E-state index contributed by atoms with van der Waals surface area (Å²) in [6, 6.07) is 10.1. The Labute approximate surface area is 161 Å². The molecular formula is C17H12ClN3O7. The van der Waals surface area contributed by atoms with Gasteiger partial charge < -0.3 is 14.5 Å². The van der Waals surface area contributed by atoms with Crippen molar-refractivity contribution in [3.05, 3.63) is 68.2 Å². The van der Waals surface area contributed by atoms with Crippen LogP contribution in [0.1, 0.15) is 0 Å². The molecule has 0 aliphatic carbocycles. The molecule has 10 nitrogen and oxygen atoms in total. The quantitative estimate of drug-likeness (QED) is 0.378. The van der Waals surface area contributed by atoms with E-state index in [4.69, 9.17) is 20.8 Å². The van der Waals surface area contributed by atoms with Crippen LogP contribution in [0, 0.1) is 10.1 Å². The molecule has 3 aromatic rings. The van der Waals surface area contributed by atoms with Crippen molar-refractivity contribution in [2.45, 2.75) is 6.54 Å². The molecule has 144 valence electrons. The van der Waals surface area contributed by atoms with Crippen molar-refractivity contribution in [3.63, 3.8) is 0 Å². The molecule has 0 unspecified atom stereocenters. The van der Waals surface area contributed by atoms with Crippen LogP contribution in [-0.2, 0) is 20.9 Å². The Morgan fingerprint density at radius 2 is 2.00 bits per heavy atom. The first-order valence-electron chi connectivity index (χ1n) is 7.83. The first kappa shape index (κ1) is 19.1. The molecule has 1 aromatic heterocycles. The molecule has 2 aromatic carbocycles. The highest BCUT2D eigenvalue weighted by atomic mass is 35.5. The third-order valence-corrected chi connectivity index (χ3v) is 3.99. The van der Waals surface area contributed by atoms with E-state index in [1.54, 1.807) is 24.3 Å². The fraction of sp³-hybridized carbons (Fsp3) is 0.118. The number of nitro groups is 1. The standard InChI is InChI=1S/C17H12ClN3O7/c18-11-6-5-10(21(25)26)7-12(11)19-15(22)9-27-16(23)8-20-13-3-1-2-4-14(13)28-17(20)24/h1-7H,8-9H2,(H,19,22). The minimum absolute atomic E-state index is 0.00830. The number of amides is 1. The number of esters is 1. The Balaban J connectivity index is 1.61. The van der Waals surface area contributed by atoms with Crippen LogP contribution in [0.2, 0.25) is 5.02 Å². The molecular weight excluding hydrogens is 394 g/mol. The van der Waals surface area contributed by atoms with Crippen LogP contribution in [0.5, 0.6) is 0 Å². The van der Waals surface area contributed by atoms with Gasteiger partial charge in [0.15, 0.2) is 12.2 Å². The summed E-state index contributed by atoms with van der Waals surface area (Å²) in [5, 5.41) is 13.2. The molecule has 0 saturated carbocycles. The molecule has 1 heterocycles. The number of hydrogen-bond donors (Lipinski definition) is 1. The maximum atomic E-state index is 12.0. The summed E-state index contributed by atoms with van der Waals surface area (Å²) >= 11 is 5.88. The van der Waals surface area contributed by atoms with E-state index in [2.05, 4.69) is 5.32 Å². The van der Waals surface area contributed by atoms with E-state index >= 15 is 0 Å². The average molecular weight is 406 g/mol. The van der Waals surface area contributed by atoms with Gasteiger partial charge in [0.05, 0.1) is 21.2 Å². The number of nitro benzene ring substituents is 1. The molecule has 0 bridgehead atoms. The van der Waals surface area contributed by atoms with Crippen LogP contribution >= 0.6 is 11.6 Å². The number of hydrogen-bond acceptors (Lipinski definition) is 7. The van der Waals surface area contributed by atoms with Crippen molar-refractivity contribution in [1.82, 2.24) is 4.57 Å². The van der Waals surface area contributed by atoms with Crippen LogP contribution in [0.25, 0.3) is 11.1 Å². The molecule has 0 fully saturated rings. The smallest absolute Gasteiger partial charge is 0.420 e. The largest absolute Gasteiger partial charge is 0.454 e. The number of halogens is 1. The third kappa shape index (κ3) is 4.18. The summed E-state index contributed by atoms with van der Waals surface area (Å²) < 4.78 is 10.9. The predicted molar refractivity (Wildman–Crippen MR) is 98.2 cm³/mol. The van der Waals surface area contributed by atoms with Crippen molar-refractivity contribution in [2.75, 3.05) is 11.9 Å². The second-order valence-electron chi connectivity index (χ2n) is 5.55. The average Bonchev–Trinajstić information content (AvgIpc) is 2.97. The molecule has 11 heteroatoms. The number of nitrogens with zero attached hydrogens (tertiary/aromatic N) is 2. The maximum Gasteiger partial charge on any atom is 0.420 e. The van der Waals surface area contributed by atoms with Gasteiger partial charge in [-0.25, -0.2) is 4.79 Å². The normalized spacial score (nSPS) is 10.6. The zero-order valence-electron chi connectivity index (χ0n) is 14.1. The van der Waals surface area contributed by atoms with Gasteiger partial charge in [0, 0.05) is 12.1 Å². The number of rotatable bonds is 6. The van der Waals surface area contributed by atoms with E-state index in [0.717, 1.165) is 10.6 Å². The van der Waals surface area contributed by atoms with E-state index in [1.165, 1.54) is 12.1 Å². The molecule has 1 amide bonds. The van der Waals surface area contributed by atoms with Crippen molar-refractivity contribution < 1.29 is 23.7 Å². The Bertz CT molecular complexity index is 1140. The number of aromatic nitrogens is 1. The molecule has 0 atom stereocenters. The lowest BCUT2D eigenvalue weighted by molar-refractivity contribution is -0.384. The summed E-state index contributed by atoms with van der Waals surface area (Å²) in [4.78, 5) is 45.8. The van der Waals surface area contributed by atoms with Gasteiger partial charge in [-0.05, 0) is 18.2 Å². The number of ether oxygens (including phenoxy) is 1. The predicted octanol–water partition coefficient (Wildman–Crippen LogP) is 2.34. The Hall–Kier alpha value is -3.66. The number of non-ortho nitro benzene ring substituents is 1. The highest BCUT2D eigenvalue weighted by molar-refractivity contribution is 6.33. The molecule has 0 saturated heterocycles. The van der Waals surface area contributed by atoms with Gasteiger partial charge in [-0.1, -0.05) is 23.7 Å². The minimum atomic E-state index is -0.839. The van der Waals surface area contributed by atoms with Gasteiger partial charge in [0.2, 0.25) is 0 Å². The summed E-state index contributed by atoms with van der Waals surface area (Å²) in [5.74, 6) is -2.32. The molecule has 0 spiro atoms. The number of fused-ring (bicyclic) bond motifs is 1. The van der Waals surface area contributed by atoms with Gasteiger partial charge in [0.1, 0.15) is 6.54 Å². The second-order valence-corrected chi connectivity index (χ2v) is 5.96. The number of para-hydroxylation sites is 2. The summed E-state index contributed by atoms with van der Waals surface area (Å²) in [6.45, 7) is -1.11. The summed E-state index contributed by atoms with van der Waals surface area (Å²) in [7, 11) is 0. The Kier molecular flexibility index (Phi) is 5.41. The Morgan fingerprint density at radius 1 is 1.25 bits per heavy atom. The van der Waals surface area contributed by atoms with Crippen molar-refractivity contribution in [1.29, 1.82) is 0 Å². The number of anilines is 1. The summed E-state index contributed by atoms with van der Waals surface area (Å²) in [6.07, 6.45) is 0. The van der Waals surface area contributed by atoms with Gasteiger partial charge in [-0.2, -0.15) is 0 Å². The van der Waals surface area contributed by atoms with Crippen molar-refractivity contribution in [2.24, 2.45) is 0 Å². The zero-order valence-corrected chi connectivity index (χ0v) is 14.8. The van der Waals surface area contributed by atoms with Gasteiger partial charge in [-0.3, -0.25) is 24.3 Å². The number of nitrogens with one attached hydrogen (secondary N) is 1. The first-order valence-corrected chi connectivity index (χ1v) is 8.21. The first-order chi connectivity index (χ1) is 13.3. The van der Waals surface area contributed by atoms with Crippen molar-refractivity contribution in [3.8, 4) is 0 Å². The van der Waals surface area contributed by atoms with Crippen molar-refractivity contribution >= 4 is 46.0 Å². The number of carbonyl (C=O) groups excluding carboxylic acids is 2. The highest BCUT2D eigenvalue weighted by Crippen LogP contribution is 2.26. The third-order valence-electron chi connectivity index (χ3n) is 3.66. The molecule has 0 aliphatic rings. The molecule has 1 N–H and O–H groups in total. The fourth-order valence-electron chi connectivity index (χ4n) is 2.39. The number of carbonyl (C=O) groups is 2. The lowest BCUT2D eigenvalue weighted by Gasteiger charge is -2.08. The van der Waals surface area contributed by atoms with E-state index in [1.807, 2.05) is 0 Å². The summed E-state index contributed by atoms with van der Waals surface area (Å²) in [5.41, 5.74) is 0.479. The Morgan fingerprint density at radius 3 is 2.75 bits per heavy atom. The van der Waals surface area contributed by atoms with Gasteiger partial charge >= 0.3 is 11.7 Å². The van der Waals surface area contributed by atoms with Gasteiger partial charge in [-0.15, -0.1) is 0 Å². The second kappa shape index (κ2) is 7.92. The van der Waals surface area contributed by atoms with Crippen LogP contribution < -0.4 is 11.1 Å². The lowest BCUT2D eigenvalue weighted by Crippen LogP contribution is -2.25. The fourth-order valence-corrected chi connectivity index (χ4v) is 2.56. The molecule has 3 rings (SSSR count). The molecule has 0 radical (unpaired) electrons. The van der Waals surface area contributed by atoms with Crippen LogP contribution in [0.3, 0.4) is 0 Å².